The number of nitrogens with two attached hydrogens (primary N) is 1. The van der Waals surface area contributed by atoms with E-state index in [4.69, 9.17) is 5.73 Å². The molecule has 0 aliphatic heterocycles. The number of rotatable bonds is 4. The Kier molecular flexibility index (Phi) is 3.80. The van der Waals surface area contributed by atoms with Gasteiger partial charge in [-0.05, 0) is 18.6 Å². The van der Waals surface area contributed by atoms with Gasteiger partial charge in [-0.3, -0.25) is 0 Å². The minimum atomic E-state index is -3.26. The van der Waals surface area contributed by atoms with E-state index in [1.165, 1.54) is 12.3 Å². The summed E-state index contributed by atoms with van der Waals surface area (Å²) in [5.74, 6) is 0. The molecule has 0 fully saturated rings. The maximum atomic E-state index is 11.5. The molecule has 16 heavy (non-hydrogen) atoms. The molecule has 0 radical (unpaired) electrons. The van der Waals surface area contributed by atoms with Crippen LogP contribution in [0.25, 0.3) is 0 Å². The van der Waals surface area contributed by atoms with E-state index in [1.54, 1.807) is 6.07 Å². The third kappa shape index (κ3) is 2.66. The van der Waals surface area contributed by atoms with Gasteiger partial charge in [-0.1, -0.05) is 13.0 Å². The molecule has 0 saturated heterocycles. The van der Waals surface area contributed by atoms with Gasteiger partial charge in [-0.25, -0.2) is 8.42 Å². The molecule has 0 atom stereocenters. The molecule has 0 heterocycles. The van der Waals surface area contributed by atoms with Gasteiger partial charge in [0.1, 0.15) is 0 Å². The highest BCUT2D eigenvalue weighted by Crippen LogP contribution is 2.28. The van der Waals surface area contributed by atoms with E-state index < -0.39 is 9.84 Å². The van der Waals surface area contributed by atoms with Gasteiger partial charge in [0.25, 0.3) is 0 Å². The quantitative estimate of drug-likeness (QED) is 0.813. The van der Waals surface area contributed by atoms with Crippen LogP contribution in [-0.2, 0) is 9.84 Å². The normalized spacial score (nSPS) is 11.4. The molecule has 0 unspecified atom stereocenters. The predicted octanol–water partition coefficient (Wildman–Crippen LogP) is 1.52. The minimum absolute atomic E-state index is 0.202. The molecule has 0 bridgehead atoms. The summed E-state index contributed by atoms with van der Waals surface area (Å²) in [4.78, 5) is 2.16. The lowest BCUT2D eigenvalue weighted by atomic mass is 10.2. The number of para-hydroxylation sites is 1. The van der Waals surface area contributed by atoms with Crippen LogP contribution in [0.2, 0.25) is 0 Å². The Hall–Kier alpha value is -1.23. The van der Waals surface area contributed by atoms with Crippen molar-refractivity contribution in [1.82, 2.24) is 0 Å². The summed E-state index contributed by atoms with van der Waals surface area (Å²) >= 11 is 0. The van der Waals surface area contributed by atoms with Crippen LogP contribution in [0.1, 0.15) is 13.3 Å². The second-order valence-electron chi connectivity index (χ2n) is 3.88. The first-order chi connectivity index (χ1) is 7.38. The second-order valence-corrected chi connectivity index (χ2v) is 5.87. The zero-order valence-electron chi connectivity index (χ0n) is 9.90. The van der Waals surface area contributed by atoms with E-state index in [2.05, 4.69) is 6.92 Å². The molecule has 5 heteroatoms. The largest absolute Gasteiger partial charge is 0.396 e. The van der Waals surface area contributed by atoms with Crippen LogP contribution in [0, 0.1) is 0 Å². The van der Waals surface area contributed by atoms with Crippen molar-refractivity contribution in [3.05, 3.63) is 18.2 Å². The number of benzene rings is 1. The average Bonchev–Trinajstić information content (AvgIpc) is 2.16. The van der Waals surface area contributed by atoms with Crippen LogP contribution < -0.4 is 10.6 Å². The molecule has 2 N–H and O–H groups in total. The van der Waals surface area contributed by atoms with Crippen molar-refractivity contribution < 1.29 is 8.42 Å². The van der Waals surface area contributed by atoms with Crippen LogP contribution in [0.3, 0.4) is 0 Å². The average molecular weight is 242 g/mol. The lowest BCUT2D eigenvalue weighted by Gasteiger charge is -2.21. The van der Waals surface area contributed by atoms with Gasteiger partial charge in [0.15, 0.2) is 9.84 Å². The number of sulfone groups is 1. The van der Waals surface area contributed by atoms with Gasteiger partial charge in [-0.15, -0.1) is 0 Å². The number of nitrogens with zero attached hydrogens (tertiary/aromatic N) is 1. The first-order valence-corrected chi connectivity index (χ1v) is 7.06. The Morgan fingerprint density at radius 2 is 2.00 bits per heavy atom. The van der Waals surface area contributed by atoms with Gasteiger partial charge in [0.05, 0.1) is 16.3 Å². The van der Waals surface area contributed by atoms with Gasteiger partial charge < -0.3 is 10.6 Å². The van der Waals surface area contributed by atoms with E-state index >= 15 is 0 Å². The summed E-state index contributed by atoms with van der Waals surface area (Å²) in [6, 6.07) is 5.09. The van der Waals surface area contributed by atoms with Crippen LogP contribution >= 0.6 is 0 Å². The zero-order chi connectivity index (χ0) is 12.3. The molecule has 0 spiro atoms. The fourth-order valence-corrected chi connectivity index (χ4v) is 2.47. The Morgan fingerprint density at radius 1 is 1.38 bits per heavy atom. The summed E-state index contributed by atoms with van der Waals surface area (Å²) in [6.45, 7) is 2.91. The van der Waals surface area contributed by atoms with Crippen LogP contribution in [0.4, 0.5) is 11.4 Å². The van der Waals surface area contributed by atoms with Crippen molar-refractivity contribution in [2.24, 2.45) is 0 Å². The van der Waals surface area contributed by atoms with Crippen LogP contribution in [0.15, 0.2) is 23.1 Å². The lowest BCUT2D eigenvalue weighted by Crippen LogP contribution is -2.20. The number of hydrogen-bond acceptors (Lipinski definition) is 4. The lowest BCUT2D eigenvalue weighted by molar-refractivity contribution is 0.602. The Balaban J connectivity index is 3.24. The fourth-order valence-electron chi connectivity index (χ4n) is 1.64. The molecule has 0 saturated carbocycles. The van der Waals surface area contributed by atoms with E-state index in [1.807, 2.05) is 18.0 Å². The highest BCUT2D eigenvalue weighted by atomic mass is 32.2. The SMILES string of the molecule is CCCN(C)c1cccc(S(C)(=O)=O)c1N. The van der Waals surface area contributed by atoms with E-state index in [0.29, 0.717) is 5.69 Å². The topological polar surface area (TPSA) is 63.4 Å². The van der Waals surface area contributed by atoms with Gasteiger partial charge in [0, 0.05) is 19.8 Å². The molecule has 0 aliphatic carbocycles. The molecule has 1 aromatic rings. The summed E-state index contributed by atoms with van der Waals surface area (Å²) in [5, 5.41) is 0. The minimum Gasteiger partial charge on any atom is -0.396 e. The predicted molar refractivity (Wildman–Crippen MR) is 67.5 cm³/mol. The Morgan fingerprint density at radius 3 is 2.50 bits per heavy atom. The van der Waals surface area contributed by atoms with Crippen LogP contribution in [-0.4, -0.2) is 28.3 Å². The smallest absolute Gasteiger partial charge is 0.177 e. The summed E-state index contributed by atoms with van der Waals surface area (Å²) < 4.78 is 23.0. The molecule has 0 amide bonds. The van der Waals surface area contributed by atoms with Gasteiger partial charge in [0.2, 0.25) is 0 Å². The standard InChI is InChI=1S/C11H18N2O2S/c1-4-8-13(2)9-6-5-7-10(11(9)12)16(3,14)15/h5-7H,4,8,12H2,1-3H3. The second kappa shape index (κ2) is 4.74. The first-order valence-electron chi connectivity index (χ1n) is 5.17. The van der Waals surface area contributed by atoms with Crippen molar-refractivity contribution in [3.63, 3.8) is 0 Å². The molecule has 1 rings (SSSR count). The van der Waals surface area contributed by atoms with Crippen molar-refractivity contribution >= 4 is 21.2 Å². The van der Waals surface area contributed by atoms with E-state index in [9.17, 15) is 8.42 Å². The monoisotopic (exact) mass is 242 g/mol. The summed E-state index contributed by atoms with van der Waals surface area (Å²) in [5.41, 5.74) is 6.98. The third-order valence-corrected chi connectivity index (χ3v) is 3.57. The summed E-state index contributed by atoms with van der Waals surface area (Å²) in [7, 11) is -1.35. The van der Waals surface area contributed by atoms with Crippen LogP contribution in [0.5, 0.6) is 0 Å². The van der Waals surface area contributed by atoms with Crippen molar-refractivity contribution in [2.75, 3.05) is 30.5 Å². The molecule has 0 aliphatic rings. The van der Waals surface area contributed by atoms with Crippen molar-refractivity contribution in [1.29, 1.82) is 0 Å². The van der Waals surface area contributed by atoms with E-state index in [-0.39, 0.29) is 4.90 Å². The molecular weight excluding hydrogens is 224 g/mol. The third-order valence-electron chi connectivity index (χ3n) is 2.41. The molecule has 90 valence electrons. The number of anilines is 2. The Labute approximate surface area is 97.0 Å². The maximum absolute atomic E-state index is 11.5. The molecule has 1 aromatic carbocycles. The van der Waals surface area contributed by atoms with Gasteiger partial charge >= 0.3 is 0 Å². The molecule has 4 nitrogen and oxygen atoms in total. The van der Waals surface area contributed by atoms with E-state index in [0.717, 1.165) is 18.7 Å². The fraction of sp³-hybridized carbons (Fsp3) is 0.455. The van der Waals surface area contributed by atoms with Crippen molar-refractivity contribution in [2.45, 2.75) is 18.2 Å². The van der Waals surface area contributed by atoms with Crippen molar-refractivity contribution in [3.8, 4) is 0 Å². The number of hydrogen-bond donors (Lipinski definition) is 1. The summed E-state index contributed by atoms with van der Waals surface area (Å²) in [6.07, 6.45) is 2.15. The zero-order valence-corrected chi connectivity index (χ0v) is 10.7. The highest BCUT2D eigenvalue weighted by Gasteiger charge is 2.15. The highest BCUT2D eigenvalue weighted by molar-refractivity contribution is 7.90. The number of nitrogen functional groups attached to an aromatic ring is 1. The Bertz CT molecular complexity index is 469. The first kappa shape index (κ1) is 12.8. The van der Waals surface area contributed by atoms with Gasteiger partial charge in [-0.2, -0.15) is 0 Å². The molecule has 0 aromatic heterocycles. The maximum Gasteiger partial charge on any atom is 0.177 e. The molecular formula is C11H18N2O2S.